The molecule has 0 aromatic heterocycles. The summed E-state index contributed by atoms with van der Waals surface area (Å²) >= 11 is 0. The van der Waals surface area contributed by atoms with Gasteiger partial charge >= 0.3 is 0 Å². The van der Waals surface area contributed by atoms with Crippen molar-refractivity contribution in [3.63, 3.8) is 0 Å². The van der Waals surface area contributed by atoms with Crippen molar-refractivity contribution in [1.29, 1.82) is 5.26 Å². The average Bonchev–Trinajstić information content (AvgIpc) is 2.21. The summed E-state index contributed by atoms with van der Waals surface area (Å²) in [5, 5.41) is 11.9. The van der Waals surface area contributed by atoms with Crippen molar-refractivity contribution in [2.45, 2.75) is 13.0 Å². The lowest BCUT2D eigenvalue weighted by Crippen LogP contribution is -2.19. The first-order chi connectivity index (χ1) is 6.77. The molecule has 0 radical (unpaired) electrons. The van der Waals surface area contributed by atoms with Gasteiger partial charge in [-0.2, -0.15) is 5.26 Å². The van der Waals surface area contributed by atoms with Crippen LogP contribution in [0.15, 0.2) is 24.3 Å². The number of hydrogen-bond acceptors (Lipinski definition) is 2. The van der Waals surface area contributed by atoms with Crippen LogP contribution in [0.4, 0.5) is 0 Å². The highest BCUT2D eigenvalue weighted by atomic mass is 14.9. The Labute approximate surface area is 84.6 Å². The molecule has 0 saturated carbocycles. The number of benzene rings is 1. The Morgan fingerprint density at radius 2 is 2.07 bits per heavy atom. The molecule has 0 spiro atoms. The molecular formula is C12H12N2. The molecule has 1 unspecified atom stereocenters. The van der Waals surface area contributed by atoms with Crippen LogP contribution in [-0.4, -0.2) is 6.54 Å². The van der Waals surface area contributed by atoms with E-state index in [0.717, 1.165) is 5.56 Å². The molecule has 0 aliphatic heterocycles. The standard InChI is InChI=1S/C12H12N2/c1-3-8-14-12(9-13)11-6-4-10(2)5-7-11/h1,4-7,12,14H,8H2,2H3. The highest BCUT2D eigenvalue weighted by Gasteiger charge is 2.07. The summed E-state index contributed by atoms with van der Waals surface area (Å²) in [6.45, 7) is 2.42. The SMILES string of the molecule is C#CCNC(C#N)c1ccc(C)cc1. The first-order valence-corrected chi connectivity index (χ1v) is 4.41. The minimum atomic E-state index is -0.313. The fourth-order valence-corrected chi connectivity index (χ4v) is 1.16. The average molecular weight is 184 g/mol. The maximum absolute atomic E-state index is 8.89. The normalized spacial score (nSPS) is 11.4. The van der Waals surface area contributed by atoms with Crippen LogP contribution in [0.25, 0.3) is 0 Å². The first-order valence-electron chi connectivity index (χ1n) is 4.41. The Bertz CT molecular complexity index is 365. The molecule has 1 aromatic carbocycles. The Morgan fingerprint density at radius 1 is 1.43 bits per heavy atom. The van der Waals surface area contributed by atoms with Crippen LogP contribution in [0.2, 0.25) is 0 Å². The second-order valence-electron chi connectivity index (χ2n) is 3.06. The topological polar surface area (TPSA) is 35.8 Å². The van der Waals surface area contributed by atoms with Gasteiger partial charge in [0.15, 0.2) is 0 Å². The first kappa shape index (κ1) is 10.3. The van der Waals surface area contributed by atoms with E-state index in [0.29, 0.717) is 6.54 Å². The Morgan fingerprint density at radius 3 is 2.57 bits per heavy atom. The van der Waals surface area contributed by atoms with E-state index in [1.165, 1.54) is 5.56 Å². The highest BCUT2D eigenvalue weighted by molar-refractivity contribution is 5.27. The summed E-state index contributed by atoms with van der Waals surface area (Å²) in [5.74, 6) is 2.45. The molecule has 1 atom stereocenters. The minimum absolute atomic E-state index is 0.313. The fraction of sp³-hybridized carbons (Fsp3) is 0.250. The lowest BCUT2D eigenvalue weighted by atomic mass is 10.1. The van der Waals surface area contributed by atoms with E-state index >= 15 is 0 Å². The zero-order valence-corrected chi connectivity index (χ0v) is 8.12. The van der Waals surface area contributed by atoms with Gasteiger partial charge < -0.3 is 0 Å². The maximum atomic E-state index is 8.89. The summed E-state index contributed by atoms with van der Waals surface area (Å²) in [7, 11) is 0. The monoisotopic (exact) mass is 184 g/mol. The van der Waals surface area contributed by atoms with Crippen molar-refractivity contribution in [1.82, 2.24) is 5.32 Å². The molecule has 0 amide bonds. The molecule has 1 aromatic rings. The maximum Gasteiger partial charge on any atom is 0.122 e. The number of hydrogen-bond donors (Lipinski definition) is 1. The van der Waals surface area contributed by atoms with Gasteiger partial charge in [0.1, 0.15) is 6.04 Å². The van der Waals surface area contributed by atoms with E-state index in [4.69, 9.17) is 11.7 Å². The van der Waals surface area contributed by atoms with Gasteiger partial charge in [-0.3, -0.25) is 5.32 Å². The largest absolute Gasteiger partial charge is 0.287 e. The molecule has 70 valence electrons. The van der Waals surface area contributed by atoms with Crippen molar-refractivity contribution >= 4 is 0 Å². The Hall–Kier alpha value is -1.77. The predicted octanol–water partition coefficient (Wildman–Crippen LogP) is 1.78. The number of terminal acetylenes is 1. The van der Waals surface area contributed by atoms with Gasteiger partial charge in [0.2, 0.25) is 0 Å². The van der Waals surface area contributed by atoms with Crippen LogP contribution in [0, 0.1) is 30.6 Å². The summed E-state index contributed by atoms with van der Waals surface area (Å²) < 4.78 is 0. The van der Waals surface area contributed by atoms with Crippen LogP contribution in [0.1, 0.15) is 17.2 Å². The molecule has 0 heterocycles. The molecule has 2 nitrogen and oxygen atoms in total. The summed E-state index contributed by atoms with van der Waals surface area (Å²) in [6, 6.07) is 9.69. The summed E-state index contributed by atoms with van der Waals surface area (Å²) in [6.07, 6.45) is 5.11. The quantitative estimate of drug-likeness (QED) is 0.727. The van der Waals surface area contributed by atoms with E-state index in [-0.39, 0.29) is 6.04 Å². The zero-order valence-electron chi connectivity index (χ0n) is 8.12. The second-order valence-corrected chi connectivity index (χ2v) is 3.06. The van der Waals surface area contributed by atoms with Crippen molar-refractivity contribution in [2.75, 3.05) is 6.54 Å². The third kappa shape index (κ3) is 2.62. The van der Waals surface area contributed by atoms with Crippen LogP contribution in [-0.2, 0) is 0 Å². The number of nitriles is 1. The molecule has 2 heteroatoms. The van der Waals surface area contributed by atoms with Crippen molar-refractivity contribution < 1.29 is 0 Å². The molecule has 1 N–H and O–H groups in total. The van der Waals surface area contributed by atoms with E-state index in [9.17, 15) is 0 Å². The van der Waals surface area contributed by atoms with Gasteiger partial charge in [0.25, 0.3) is 0 Å². The molecule has 0 saturated heterocycles. The molecule has 0 aliphatic rings. The minimum Gasteiger partial charge on any atom is -0.287 e. The third-order valence-corrected chi connectivity index (χ3v) is 1.95. The van der Waals surface area contributed by atoms with Crippen LogP contribution in [0.5, 0.6) is 0 Å². The molecule has 0 aliphatic carbocycles. The van der Waals surface area contributed by atoms with Gasteiger partial charge in [-0.15, -0.1) is 6.42 Å². The van der Waals surface area contributed by atoms with E-state index in [2.05, 4.69) is 17.3 Å². The molecule has 1 rings (SSSR count). The summed E-state index contributed by atoms with van der Waals surface area (Å²) in [5.41, 5.74) is 2.13. The van der Waals surface area contributed by atoms with Gasteiger partial charge in [0, 0.05) is 0 Å². The number of nitrogens with zero attached hydrogens (tertiary/aromatic N) is 1. The van der Waals surface area contributed by atoms with Crippen molar-refractivity contribution in [2.24, 2.45) is 0 Å². The van der Waals surface area contributed by atoms with Crippen molar-refractivity contribution in [3.05, 3.63) is 35.4 Å². The highest BCUT2D eigenvalue weighted by Crippen LogP contribution is 2.12. The van der Waals surface area contributed by atoms with Gasteiger partial charge in [0.05, 0.1) is 12.6 Å². The molecule has 0 bridgehead atoms. The number of nitrogens with one attached hydrogen (secondary N) is 1. The van der Waals surface area contributed by atoms with Crippen LogP contribution in [0.3, 0.4) is 0 Å². The fourth-order valence-electron chi connectivity index (χ4n) is 1.16. The van der Waals surface area contributed by atoms with Crippen LogP contribution < -0.4 is 5.32 Å². The lowest BCUT2D eigenvalue weighted by molar-refractivity contribution is 0.690. The number of rotatable bonds is 3. The Balaban J connectivity index is 2.76. The Kier molecular flexibility index (Phi) is 3.73. The molecule has 14 heavy (non-hydrogen) atoms. The molecule has 0 fully saturated rings. The second kappa shape index (κ2) is 5.07. The van der Waals surface area contributed by atoms with E-state index < -0.39 is 0 Å². The predicted molar refractivity (Wildman–Crippen MR) is 56.4 cm³/mol. The summed E-state index contributed by atoms with van der Waals surface area (Å²) in [4.78, 5) is 0. The lowest BCUT2D eigenvalue weighted by Gasteiger charge is -2.09. The van der Waals surface area contributed by atoms with Gasteiger partial charge in [-0.1, -0.05) is 35.7 Å². The van der Waals surface area contributed by atoms with Crippen LogP contribution >= 0.6 is 0 Å². The third-order valence-electron chi connectivity index (χ3n) is 1.95. The molecular weight excluding hydrogens is 172 g/mol. The van der Waals surface area contributed by atoms with E-state index in [1.54, 1.807) is 0 Å². The van der Waals surface area contributed by atoms with Gasteiger partial charge in [-0.25, -0.2) is 0 Å². The van der Waals surface area contributed by atoms with Gasteiger partial charge in [-0.05, 0) is 12.5 Å². The number of aryl methyl sites for hydroxylation is 1. The van der Waals surface area contributed by atoms with E-state index in [1.807, 2.05) is 31.2 Å². The smallest absolute Gasteiger partial charge is 0.122 e. The zero-order chi connectivity index (χ0) is 10.4. The van der Waals surface area contributed by atoms with Crippen molar-refractivity contribution in [3.8, 4) is 18.4 Å².